The third kappa shape index (κ3) is 4.48. The molecule has 0 radical (unpaired) electrons. The predicted octanol–water partition coefficient (Wildman–Crippen LogP) is 3.80. The number of methoxy groups -OCH3 is 1. The van der Waals surface area contributed by atoms with Gasteiger partial charge in [-0.05, 0) is 67.5 Å². The molecule has 2 aliphatic heterocycles. The van der Waals surface area contributed by atoms with E-state index in [0.717, 1.165) is 62.6 Å². The lowest BCUT2D eigenvalue weighted by Gasteiger charge is -2.36. The molecular weight excluding hydrogens is 368 g/mol. The third-order valence-corrected chi connectivity index (χ3v) is 7.56. The lowest BCUT2D eigenvalue weighted by atomic mass is 9.94. The zero-order valence-electron chi connectivity index (χ0n) is 16.9. The van der Waals surface area contributed by atoms with E-state index >= 15 is 0 Å². The van der Waals surface area contributed by atoms with E-state index in [1.165, 1.54) is 16.7 Å². The Morgan fingerprint density at radius 1 is 1.04 bits per heavy atom. The van der Waals surface area contributed by atoms with Crippen molar-refractivity contribution < 1.29 is 8.95 Å². The zero-order valence-corrected chi connectivity index (χ0v) is 17.7. The molecule has 4 nitrogen and oxygen atoms in total. The number of piperidine rings is 1. The molecule has 1 unspecified atom stereocenters. The highest BCUT2D eigenvalue weighted by molar-refractivity contribution is 7.82. The number of hydrogen-bond acceptors (Lipinski definition) is 3. The molecule has 1 saturated heterocycles. The van der Waals surface area contributed by atoms with Crippen LogP contribution in [0.3, 0.4) is 0 Å². The Bertz CT molecular complexity index is 829. The summed E-state index contributed by atoms with van der Waals surface area (Å²) < 4.78 is 20.3. The summed E-state index contributed by atoms with van der Waals surface area (Å²) in [6.07, 6.45) is 3.36. The molecule has 28 heavy (non-hydrogen) atoms. The average molecular weight is 399 g/mol. The first-order valence-corrected chi connectivity index (χ1v) is 11.3. The summed E-state index contributed by atoms with van der Waals surface area (Å²) in [4.78, 5) is 3.51. The summed E-state index contributed by atoms with van der Waals surface area (Å²) in [5.41, 5.74) is 4.07. The van der Waals surface area contributed by atoms with E-state index in [9.17, 15) is 4.21 Å². The van der Waals surface area contributed by atoms with Crippen LogP contribution >= 0.6 is 0 Å². The summed E-state index contributed by atoms with van der Waals surface area (Å²) in [6, 6.07) is 14.6. The Kier molecular flexibility index (Phi) is 6.14. The van der Waals surface area contributed by atoms with Gasteiger partial charge in [0.05, 0.1) is 12.0 Å². The number of nitrogens with zero attached hydrogens (tertiary/aromatic N) is 2. The maximum atomic E-state index is 12.8. The molecule has 5 heteroatoms. The van der Waals surface area contributed by atoms with Crippen molar-refractivity contribution in [3.63, 3.8) is 0 Å². The molecule has 2 aromatic carbocycles. The van der Waals surface area contributed by atoms with Crippen molar-refractivity contribution >= 4 is 11.0 Å². The van der Waals surface area contributed by atoms with Crippen LogP contribution in [-0.2, 0) is 24.0 Å². The minimum atomic E-state index is -1.02. The molecule has 0 bridgehead atoms. The van der Waals surface area contributed by atoms with E-state index in [0.29, 0.717) is 5.92 Å². The summed E-state index contributed by atoms with van der Waals surface area (Å²) in [6.45, 7) is 7.22. The second-order valence-electron chi connectivity index (χ2n) is 8.05. The SMILES string of the molecule is COc1ccc2c(c1)CCN(CC1CCN(S(=O)c3ccc(C)cc3)CC1)C2. The van der Waals surface area contributed by atoms with Gasteiger partial charge in [0, 0.05) is 32.7 Å². The highest BCUT2D eigenvalue weighted by Gasteiger charge is 2.26. The van der Waals surface area contributed by atoms with Crippen LogP contribution in [0.15, 0.2) is 47.4 Å². The Morgan fingerprint density at radius 3 is 2.50 bits per heavy atom. The van der Waals surface area contributed by atoms with Crippen molar-refractivity contribution in [3.8, 4) is 5.75 Å². The first kappa shape index (κ1) is 19.6. The van der Waals surface area contributed by atoms with Crippen molar-refractivity contribution in [2.24, 2.45) is 5.92 Å². The standard InChI is InChI=1S/C23H30N2O2S/c1-18-3-7-23(8-4-18)28(26)25-13-9-19(10-14-25)16-24-12-11-20-15-22(27-2)6-5-21(20)17-24/h3-8,15,19H,9-14,16-17H2,1-2H3. The molecule has 150 valence electrons. The van der Waals surface area contributed by atoms with Gasteiger partial charge in [-0.3, -0.25) is 4.90 Å². The van der Waals surface area contributed by atoms with E-state index in [1.807, 2.05) is 24.3 Å². The van der Waals surface area contributed by atoms with Crippen molar-refractivity contribution in [2.75, 3.05) is 33.3 Å². The molecule has 4 rings (SSSR count). The van der Waals surface area contributed by atoms with Crippen LogP contribution in [0.5, 0.6) is 5.75 Å². The second kappa shape index (κ2) is 8.76. The molecule has 0 amide bonds. The minimum absolute atomic E-state index is 0.700. The first-order chi connectivity index (χ1) is 13.6. The number of ether oxygens (including phenoxy) is 1. The number of benzene rings is 2. The van der Waals surface area contributed by atoms with Gasteiger partial charge in [0.15, 0.2) is 0 Å². The van der Waals surface area contributed by atoms with Gasteiger partial charge in [0.2, 0.25) is 0 Å². The molecular formula is C23H30N2O2S. The molecule has 0 spiro atoms. The van der Waals surface area contributed by atoms with Crippen LogP contribution in [0, 0.1) is 12.8 Å². The highest BCUT2D eigenvalue weighted by Crippen LogP contribution is 2.27. The Hall–Kier alpha value is -1.69. The van der Waals surface area contributed by atoms with E-state index < -0.39 is 11.0 Å². The molecule has 2 aliphatic rings. The van der Waals surface area contributed by atoms with Crippen molar-refractivity contribution in [1.82, 2.24) is 9.21 Å². The average Bonchev–Trinajstić information content (AvgIpc) is 2.74. The van der Waals surface area contributed by atoms with E-state index in [2.05, 4.69) is 34.3 Å². The van der Waals surface area contributed by atoms with Gasteiger partial charge >= 0.3 is 0 Å². The number of rotatable bonds is 5. The predicted molar refractivity (Wildman–Crippen MR) is 114 cm³/mol. The van der Waals surface area contributed by atoms with Gasteiger partial charge in [-0.1, -0.05) is 23.8 Å². The fourth-order valence-electron chi connectivity index (χ4n) is 4.30. The second-order valence-corrected chi connectivity index (χ2v) is 9.54. The maximum Gasteiger partial charge on any atom is 0.127 e. The summed E-state index contributed by atoms with van der Waals surface area (Å²) in [7, 11) is 0.706. The van der Waals surface area contributed by atoms with Gasteiger partial charge in [0.1, 0.15) is 16.7 Å². The maximum absolute atomic E-state index is 12.8. The van der Waals surface area contributed by atoms with Crippen LogP contribution in [0.1, 0.15) is 29.5 Å². The zero-order chi connectivity index (χ0) is 19.5. The quantitative estimate of drug-likeness (QED) is 0.768. The lowest BCUT2D eigenvalue weighted by Crippen LogP contribution is -2.40. The van der Waals surface area contributed by atoms with E-state index in [4.69, 9.17) is 4.74 Å². The summed E-state index contributed by atoms with van der Waals surface area (Å²) in [5.74, 6) is 1.66. The van der Waals surface area contributed by atoms with Crippen molar-refractivity contribution in [1.29, 1.82) is 0 Å². The lowest BCUT2D eigenvalue weighted by molar-refractivity contribution is 0.173. The highest BCUT2D eigenvalue weighted by atomic mass is 32.2. The first-order valence-electron chi connectivity index (χ1n) is 10.2. The number of hydrogen-bond donors (Lipinski definition) is 0. The Balaban J connectivity index is 1.29. The minimum Gasteiger partial charge on any atom is -0.497 e. The van der Waals surface area contributed by atoms with Crippen LogP contribution in [0.2, 0.25) is 0 Å². The molecule has 2 heterocycles. The molecule has 0 saturated carbocycles. The number of aryl methyl sites for hydroxylation is 1. The van der Waals surface area contributed by atoms with E-state index in [1.54, 1.807) is 7.11 Å². The topological polar surface area (TPSA) is 32.8 Å². The van der Waals surface area contributed by atoms with Gasteiger partial charge in [0.25, 0.3) is 0 Å². The van der Waals surface area contributed by atoms with Gasteiger partial charge in [-0.2, -0.15) is 0 Å². The van der Waals surface area contributed by atoms with Crippen LogP contribution in [0.4, 0.5) is 0 Å². The molecule has 2 aromatic rings. The molecule has 1 atom stereocenters. The third-order valence-electron chi connectivity index (χ3n) is 6.05. The van der Waals surface area contributed by atoms with Crippen molar-refractivity contribution in [3.05, 3.63) is 59.2 Å². The Morgan fingerprint density at radius 2 is 1.79 bits per heavy atom. The molecule has 0 aliphatic carbocycles. The fraction of sp³-hybridized carbons (Fsp3) is 0.478. The summed E-state index contributed by atoms with van der Waals surface area (Å²) in [5, 5.41) is 0. The monoisotopic (exact) mass is 398 g/mol. The Labute approximate surface area is 171 Å². The van der Waals surface area contributed by atoms with Crippen molar-refractivity contribution in [2.45, 2.75) is 37.6 Å². The summed E-state index contributed by atoms with van der Waals surface area (Å²) >= 11 is 0. The molecule has 1 fully saturated rings. The van der Waals surface area contributed by atoms with Gasteiger partial charge in [-0.15, -0.1) is 0 Å². The normalized spacial score (nSPS) is 19.9. The van der Waals surface area contributed by atoms with Crippen LogP contribution in [0.25, 0.3) is 0 Å². The van der Waals surface area contributed by atoms with Crippen LogP contribution in [-0.4, -0.2) is 46.7 Å². The largest absolute Gasteiger partial charge is 0.497 e. The molecule has 0 N–H and O–H groups in total. The smallest absolute Gasteiger partial charge is 0.127 e. The number of fused-ring (bicyclic) bond motifs is 1. The van der Waals surface area contributed by atoms with Crippen LogP contribution < -0.4 is 4.74 Å². The van der Waals surface area contributed by atoms with E-state index in [-0.39, 0.29) is 0 Å². The molecule has 0 aromatic heterocycles. The van der Waals surface area contributed by atoms with Gasteiger partial charge in [-0.25, -0.2) is 8.51 Å². The van der Waals surface area contributed by atoms with Gasteiger partial charge < -0.3 is 4.74 Å². The fourth-order valence-corrected chi connectivity index (χ4v) is 5.51.